The van der Waals surface area contributed by atoms with Gasteiger partial charge in [-0.2, -0.15) is 5.10 Å². The van der Waals surface area contributed by atoms with Crippen molar-refractivity contribution in [3.05, 3.63) is 22.4 Å². The van der Waals surface area contributed by atoms with Gasteiger partial charge in [-0.3, -0.25) is 9.59 Å². The molecule has 2 amide bonds. The van der Waals surface area contributed by atoms with E-state index in [1.54, 1.807) is 13.0 Å². The van der Waals surface area contributed by atoms with Gasteiger partial charge in [0.25, 0.3) is 5.91 Å². The van der Waals surface area contributed by atoms with Crippen LogP contribution in [0.3, 0.4) is 0 Å². The molecule has 0 radical (unpaired) electrons. The molecule has 5 nitrogen and oxygen atoms in total. The minimum Gasteiger partial charge on any atom is -0.353 e. The molecule has 0 bridgehead atoms. The zero-order valence-corrected chi connectivity index (χ0v) is 12.3. The molecule has 1 saturated carbocycles. The van der Waals surface area contributed by atoms with Crippen molar-refractivity contribution in [1.82, 2.24) is 10.7 Å². The summed E-state index contributed by atoms with van der Waals surface area (Å²) in [7, 11) is 0. The van der Waals surface area contributed by atoms with Crippen molar-refractivity contribution in [3.8, 4) is 0 Å². The minimum absolute atomic E-state index is 0.0245. The molecule has 1 aromatic heterocycles. The molecule has 0 unspecified atom stereocenters. The van der Waals surface area contributed by atoms with E-state index >= 15 is 0 Å². The van der Waals surface area contributed by atoms with Gasteiger partial charge in [0, 0.05) is 11.8 Å². The lowest BCUT2D eigenvalue weighted by Crippen LogP contribution is -2.33. The molecule has 0 spiro atoms. The van der Waals surface area contributed by atoms with Gasteiger partial charge < -0.3 is 5.32 Å². The Bertz CT molecular complexity index is 491. The summed E-state index contributed by atoms with van der Waals surface area (Å²) in [5, 5.41) is 8.79. The molecule has 0 aliphatic heterocycles. The predicted octanol–water partition coefficient (Wildman–Crippen LogP) is 2.30. The second-order valence-electron chi connectivity index (χ2n) is 4.99. The molecule has 2 N–H and O–H groups in total. The molecule has 1 heterocycles. The fraction of sp³-hybridized carbons (Fsp3) is 0.500. The number of amides is 2. The van der Waals surface area contributed by atoms with Crippen LogP contribution in [0.15, 0.2) is 22.6 Å². The van der Waals surface area contributed by atoms with Gasteiger partial charge in [-0.25, -0.2) is 5.43 Å². The number of nitrogens with zero attached hydrogens (tertiary/aromatic N) is 1. The molecule has 1 aromatic rings. The Balaban J connectivity index is 1.75. The molecule has 1 fully saturated rings. The van der Waals surface area contributed by atoms with E-state index in [9.17, 15) is 9.59 Å². The largest absolute Gasteiger partial charge is 0.353 e. The molecular formula is C14H19N3O2S. The van der Waals surface area contributed by atoms with Gasteiger partial charge in [-0.15, -0.1) is 11.3 Å². The molecule has 2 rings (SSSR count). The van der Waals surface area contributed by atoms with Gasteiger partial charge in [0.15, 0.2) is 0 Å². The standard InChI is InChI=1S/C14H19N3O2S/c1-10(9-13(18)15-11-5-2-3-6-11)16-17-14(19)12-7-4-8-20-12/h4,7-8,11H,2-3,5-6,9H2,1H3,(H,15,18)(H,17,19). The maximum Gasteiger partial charge on any atom is 0.281 e. The van der Waals surface area contributed by atoms with Gasteiger partial charge in [0.05, 0.1) is 11.3 Å². The Morgan fingerprint density at radius 3 is 2.80 bits per heavy atom. The van der Waals surface area contributed by atoms with Gasteiger partial charge >= 0.3 is 0 Å². The van der Waals surface area contributed by atoms with Crippen LogP contribution in [0.4, 0.5) is 0 Å². The number of hydrogen-bond donors (Lipinski definition) is 2. The number of rotatable bonds is 5. The summed E-state index contributed by atoms with van der Waals surface area (Å²) in [6, 6.07) is 3.86. The van der Waals surface area contributed by atoms with Crippen molar-refractivity contribution in [2.24, 2.45) is 5.10 Å². The number of thiophene rings is 1. The first kappa shape index (κ1) is 14.7. The highest BCUT2D eigenvalue weighted by molar-refractivity contribution is 7.12. The van der Waals surface area contributed by atoms with E-state index in [2.05, 4.69) is 15.8 Å². The van der Waals surface area contributed by atoms with Crippen LogP contribution in [-0.4, -0.2) is 23.6 Å². The molecule has 0 aromatic carbocycles. The van der Waals surface area contributed by atoms with Gasteiger partial charge in [-0.05, 0) is 31.2 Å². The maximum absolute atomic E-state index is 11.8. The lowest BCUT2D eigenvalue weighted by atomic mass is 10.2. The molecule has 108 valence electrons. The van der Waals surface area contributed by atoms with E-state index in [4.69, 9.17) is 0 Å². The van der Waals surface area contributed by atoms with Crippen molar-refractivity contribution in [2.45, 2.75) is 45.1 Å². The number of carbonyl (C=O) groups excluding carboxylic acids is 2. The lowest BCUT2D eigenvalue weighted by Gasteiger charge is -2.11. The van der Waals surface area contributed by atoms with Gasteiger partial charge in [-0.1, -0.05) is 18.9 Å². The Morgan fingerprint density at radius 2 is 2.15 bits per heavy atom. The summed E-state index contributed by atoms with van der Waals surface area (Å²) < 4.78 is 0. The maximum atomic E-state index is 11.8. The molecule has 6 heteroatoms. The van der Waals surface area contributed by atoms with E-state index in [1.807, 2.05) is 11.4 Å². The van der Waals surface area contributed by atoms with Crippen LogP contribution in [-0.2, 0) is 4.79 Å². The van der Waals surface area contributed by atoms with Crippen LogP contribution >= 0.6 is 11.3 Å². The smallest absolute Gasteiger partial charge is 0.281 e. The average molecular weight is 293 g/mol. The van der Waals surface area contributed by atoms with Crippen molar-refractivity contribution in [2.75, 3.05) is 0 Å². The second kappa shape index (κ2) is 7.19. The molecular weight excluding hydrogens is 274 g/mol. The van der Waals surface area contributed by atoms with E-state index in [-0.39, 0.29) is 18.2 Å². The van der Waals surface area contributed by atoms with Crippen LogP contribution in [0.5, 0.6) is 0 Å². The Kier molecular flexibility index (Phi) is 5.29. The monoisotopic (exact) mass is 293 g/mol. The zero-order valence-electron chi connectivity index (χ0n) is 11.5. The van der Waals surface area contributed by atoms with Gasteiger partial charge in [0.1, 0.15) is 0 Å². The SMILES string of the molecule is CC(CC(=O)NC1CCCC1)=NNC(=O)c1cccs1. The normalized spacial score (nSPS) is 16.1. The fourth-order valence-corrected chi connectivity index (χ4v) is 2.84. The van der Waals surface area contributed by atoms with Crippen molar-refractivity contribution < 1.29 is 9.59 Å². The third-order valence-corrected chi connectivity index (χ3v) is 4.10. The summed E-state index contributed by atoms with van der Waals surface area (Å²) in [6.45, 7) is 1.74. The number of hydrazone groups is 1. The van der Waals surface area contributed by atoms with E-state index < -0.39 is 0 Å². The topological polar surface area (TPSA) is 70.6 Å². The molecule has 20 heavy (non-hydrogen) atoms. The van der Waals surface area contributed by atoms with E-state index in [0.29, 0.717) is 16.6 Å². The van der Waals surface area contributed by atoms with Crippen LogP contribution in [0.25, 0.3) is 0 Å². The van der Waals surface area contributed by atoms with Crippen LogP contribution in [0.1, 0.15) is 48.7 Å². The first-order chi connectivity index (χ1) is 9.65. The number of nitrogens with one attached hydrogen (secondary N) is 2. The molecule has 1 aliphatic rings. The Hall–Kier alpha value is -1.69. The minimum atomic E-state index is -0.240. The predicted molar refractivity (Wildman–Crippen MR) is 79.9 cm³/mol. The Labute approximate surface area is 122 Å². The highest BCUT2D eigenvalue weighted by Gasteiger charge is 2.17. The number of hydrogen-bond acceptors (Lipinski definition) is 4. The van der Waals surface area contributed by atoms with Crippen LogP contribution in [0.2, 0.25) is 0 Å². The summed E-state index contributed by atoms with van der Waals surface area (Å²) >= 11 is 1.36. The zero-order chi connectivity index (χ0) is 14.4. The van der Waals surface area contributed by atoms with Crippen molar-refractivity contribution in [3.63, 3.8) is 0 Å². The third kappa shape index (κ3) is 4.45. The lowest BCUT2D eigenvalue weighted by molar-refractivity contribution is -0.120. The average Bonchev–Trinajstić information content (AvgIpc) is 3.08. The summed E-state index contributed by atoms with van der Waals surface area (Å²) in [5.41, 5.74) is 3.07. The number of carbonyl (C=O) groups is 2. The van der Waals surface area contributed by atoms with E-state index in [0.717, 1.165) is 12.8 Å². The Morgan fingerprint density at radius 1 is 1.40 bits per heavy atom. The second-order valence-corrected chi connectivity index (χ2v) is 5.94. The highest BCUT2D eigenvalue weighted by Crippen LogP contribution is 2.17. The van der Waals surface area contributed by atoms with Gasteiger partial charge in [0.2, 0.25) is 5.91 Å². The molecule has 1 aliphatic carbocycles. The van der Waals surface area contributed by atoms with E-state index in [1.165, 1.54) is 24.2 Å². The van der Waals surface area contributed by atoms with Crippen molar-refractivity contribution in [1.29, 1.82) is 0 Å². The summed E-state index contributed by atoms with van der Waals surface area (Å²) in [5.74, 6) is -0.265. The highest BCUT2D eigenvalue weighted by atomic mass is 32.1. The van der Waals surface area contributed by atoms with Crippen LogP contribution in [0, 0.1) is 0 Å². The summed E-state index contributed by atoms with van der Waals surface area (Å²) in [6.07, 6.45) is 4.74. The molecule has 0 saturated heterocycles. The molecule has 0 atom stereocenters. The third-order valence-electron chi connectivity index (χ3n) is 3.23. The fourth-order valence-electron chi connectivity index (χ4n) is 2.23. The van der Waals surface area contributed by atoms with Crippen molar-refractivity contribution >= 4 is 28.9 Å². The first-order valence-electron chi connectivity index (χ1n) is 6.81. The summed E-state index contributed by atoms with van der Waals surface area (Å²) in [4.78, 5) is 24.1. The first-order valence-corrected chi connectivity index (χ1v) is 7.69. The quantitative estimate of drug-likeness (QED) is 0.646. The van der Waals surface area contributed by atoms with Crippen LogP contribution < -0.4 is 10.7 Å².